The van der Waals surface area contributed by atoms with Crippen molar-refractivity contribution in [1.82, 2.24) is 24.7 Å². The number of fused-ring (bicyclic) bond motifs is 3. The number of para-hydroxylation sites is 1. The zero-order valence-corrected chi connectivity index (χ0v) is 18.6. The lowest BCUT2D eigenvalue weighted by molar-refractivity contribution is -0.134. The van der Waals surface area contributed by atoms with E-state index >= 15 is 0 Å². The fourth-order valence-electron chi connectivity index (χ4n) is 4.19. The number of nitrogens with one attached hydrogen (secondary N) is 2. The molecule has 0 radical (unpaired) electrons. The average molecular weight is 447 g/mol. The Hall–Kier alpha value is -3.98. The summed E-state index contributed by atoms with van der Waals surface area (Å²) in [5, 5.41) is 16.4. The normalized spacial score (nSPS) is 11.1. The largest absolute Gasteiger partial charge is 0.481 e. The number of carboxylic acid groups (broad SMARTS) is 1. The maximum atomic E-state index is 13.1. The smallest absolute Gasteiger partial charge is 0.300 e. The summed E-state index contributed by atoms with van der Waals surface area (Å²) >= 11 is 0. The first-order chi connectivity index (χ1) is 15.9. The van der Waals surface area contributed by atoms with Crippen molar-refractivity contribution in [2.24, 2.45) is 5.73 Å². The van der Waals surface area contributed by atoms with E-state index in [1.54, 1.807) is 6.20 Å². The monoisotopic (exact) mass is 446 g/mol. The van der Waals surface area contributed by atoms with Crippen LogP contribution in [0.15, 0.2) is 47.4 Å². The van der Waals surface area contributed by atoms with E-state index in [9.17, 15) is 4.79 Å². The van der Waals surface area contributed by atoms with Gasteiger partial charge in [-0.2, -0.15) is 5.10 Å². The van der Waals surface area contributed by atoms with Crippen LogP contribution in [0.1, 0.15) is 26.0 Å². The van der Waals surface area contributed by atoms with E-state index < -0.39 is 5.97 Å². The molecule has 0 unspecified atom stereocenters. The molecule has 5 aromatic rings. The van der Waals surface area contributed by atoms with E-state index in [0.29, 0.717) is 17.8 Å². The van der Waals surface area contributed by atoms with Crippen LogP contribution >= 0.6 is 0 Å². The molecule has 0 fully saturated rings. The summed E-state index contributed by atoms with van der Waals surface area (Å²) in [6, 6.07) is 12.0. The van der Waals surface area contributed by atoms with Gasteiger partial charge < -0.3 is 20.4 Å². The molecule has 0 atom stereocenters. The quantitative estimate of drug-likeness (QED) is 0.326. The summed E-state index contributed by atoms with van der Waals surface area (Å²) in [4.78, 5) is 29.9. The van der Waals surface area contributed by atoms with E-state index in [-0.39, 0.29) is 5.56 Å². The maximum Gasteiger partial charge on any atom is 0.300 e. The van der Waals surface area contributed by atoms with Gasteiger partial charge in [-0.25, -0.2) is 4.98 Å². The van der Waals surface area contributed by atoms with Crippen molar-refractivity contribution in [2.75, 3.05) is 6.54 Å². The molecule has 5 N–H and O–H groups in total. The summed E-state index contributed by atoms with van der Waals surface area (Å²) in [6.07, 6.45) is 3.42. The number of hydrogen-bond donors (Lipinski definition) is 4. The van der Waals surface area contributed by atoms with Crippen LogP contribution in [-0.4, -0.2) is 42.4 Å². The maximum absolute atomic E-state index is 13.1. The molecule has 170 valence electrons. The number of aromatic nitrogens is 5. The number of H-pyrrole nitrogens is 2. The van der Waals surface area contributed by atoms with Gasteiger partial charge in [0, 0.05) is 41.0 Å². The average Bonchev–Trinajstić information content (AvgIpc) is 3.36. The molecular formula is C24H26N6O3. The number of aromatic amines is 2. The Morgan fingerprint density at radius 1 is 1.21 bits per heavy atom. The highest BCUT2D eigenvalue weighted by atomic mass is 16.4. The number of hydrogen-bond acceptors (Lipinski definition) is 5. The summed E-state index contributed by atoms with van der Waals surface area (Å²) in [5.74, 6) is -0.833. The Bertz CT molecular complexity index is 1510. The lowest BCUT2D eigenvalue weighted by atomic mass is 10.1. The highest BCUT2D eigenvalue weighted by molar-refractivity contribution is 5.99. The molecule has 9 heteroatoms. The van der Waals surface area contributed by atoms with Crippen molar-refractivity contribution < 1.29 is 9.90 Å². The fraction of sp³-hybridized carbons (Fsp3) is 0.250. The number of carbonyl (C=O) groups is 1. The minimum absolute atomic E-state index is 0.184. The number of aryl methyl sites for hydroxylation is 1. The highest BCUT2D eigenvalue weighted by Crippen LogP contribution is 2.34. The molecule has 0 saturated heterocycles. The first-order valence-electron chi connectivity index (χ1n) is 10.8. The van der Waals surface area contributed by atoms with Crippen LogP contribution in [0.4, 0.5) is 0 Å². The van der Waals surface area contributed by atoms with Gasteiger partial charge in [-0.15, -0.1) is 0 Å². The van der Waals surface area contributed by atoms with Crippen molar-refractivity contribution >= 4 is 38.8 Å². The molecule has 5 rings (SSSR count). The predicted molar refractivity (Wildman–Crippen MR) is 129 cm³/mol. The highest BCUT2D eigenvalue weighted by Gasteiger charge is 2.21. The van der Waals surface area contributed by atoms with Gasteiger partial charge in [0.1, 0.15) is 5.69 Å². The first-order valence-corrected chi connectivity index (χ1v) is 10.8. The fourth-order valence-corrected chi connectivity index (χ4v) is 4.19. The third-order valence-corrected chi connectivity index (χ3v) is 5.49. The van der Waals surface area contributed by atoms with Gasteiger partial charge in [0.2, 0.25) is 0 Å². The molecule has 0 aliphatic rings. The predicted octanol–water partition coefficient (Wildman–Crippen LogP) is 3.42. The molecule has 0 saturated carbocycles. The van der Waals surface area contributed by atoms with Crippen LogP contribution in [-0.2, 0) is 17.8 Å². The zero-order valence-electron chi connectivity index (χ0n) is 18.6. The van der Waals surface area contributed by atoms with Gasteiger partial charge in [0.05, 0.1) is 22.7 Å². The van der Waals surface area contributed by atoms with E-state index in [1.165, 1.54) is 0 Å². The van der Waals surface area contributed by atoms with Crippen LogP contribution in [0.25, 0.3) is 44.1 Å². The van der Waals surface area contributed by atoms with Crippen LogP contribution in [0.5, 0.6) is 0 Å². The van der Waals surface area contributed by atoms with Crippen molar-refractivity contribution in [1.29, 1.82) is 0 Å². The lowest BCUT2D eigenvalue weighted by Gasteiger charge is -2.10. The second-order valence-electron chi connectivity index (χ2n) is 7.75. The number of rotatable bonds is 5. The van der Waals surface area contributed by atoms with Crippen LogP contribution in [0, 0.1) is 0 Å². The summed E-state index contributed by atoms with van der Waals surface area (Å²) in [7, 11) is 0. The van der Waals surface area contributed by atoms with Gasteiger partial charge in [-0.05, 0) is 37.6 Å². The number of nitrogens with two attached hydrogens (primary N) is 1. The van der Waals surface area contributed by atoms with Crippen LogP contribution in [0.2, 0.25) is 0 Å². The molecule has 33 heavy (non-hydrogen) atoms. The van der Waals surface area contributed by atoms with Crippen molar-refractivity contribution in [3.8, 4) is 11.3 Å². The van der Waals surface area contributed by atoms with E-state index in [0.717, 1.165) is 64.9 Å². The van der Waals surface area contributed by atoms with Gasteiger partial charge in [-0.3, -0.25) is 14.7 Å². The number of aliphatic carboxylic acids is 1. The molecule has 3 aromatic heterocycles. The van der Waals surface area contributed by atoms with E-state index in [4.69, 9.17) is 20.6 Å². The summed E-state index contributed by atoms with van der Waals surface area (Å²) in [5.41, 5.74) is 11.5. The molecule has 0 aliphatic carbocycles. The Labute approximate surface area is 189 Å². The molecule has 0 bridgehead atoms. The topological polar surface area (TPSA) is 143 Å². The summed E-state index contributed by atoms with van der Waals surface area (Å²) in [6.45, 7) is 4.64. The van der Waals surface area contributed by atoms with Gasteiger partial charge in [0.15, 0.2) is 0 Å². The van der Waals surface area contributed by atoms with Crippen molar-refractivity contribution in [2.45, 2.75) is 33.2 Å². The number of nitrogens with zero attached hydrogens (tertiary/aromatic N) is 3. The van der Waals surface area contributed by atoms with Crippen molar-refractivity contribution in [3.05, 3.63) is 58.6 Å². The number of carboxylic acids is 1. The molecular weight excluding hydrogens is 420 g/mol. The van der Waals surface area contributed by atoms with Gasteiger partial charge in [-0.1, -0.05) is 25.1 Å². The Morgan fingerprint density at radius 3 is 2.70 bits per heavy atom. The summed E-state index contributed by atoms with van der Waals surface area (Å²) < 4.78 is 2.28. The minimum Gasteiger partial charge on any atom is -0.481 e. The number of benzene rings is 2. The minimum atomic E-state index is -0.833. The zero-order chi connectivity index (χ0) is 23.5. The van der Waals surface area contributed by atoms with Crippen LogP contribution in [0.3, 0.4) is 0 Å². The second-order valence-corrected chi connectivity index (χ2v) is 7.75. The van der Waals surface area contributed by atoms with E-state index in [1.807, 2.05) is 24.3 Å². The molecule has 0 aliphatic heterocycles. The SMILES string of the molecule is CC(=O)O.CCc1c(-c2nc3cc4[nH]ncc4cc3[nH]c2=O)c2ccccc2n1CCCN. The van der Waals surface area contributed by atoms with Gasteiger partial charge >= 0.3 is 0 Å². The molecule has 0 spiro atoms. The van der Waals surface area contributed by atoms with E-state index in [2.05, 4.69) is 38.8 Å². The molecule has 0 amide bonds. The van der Waals surface area contributed by atoms with Crippen LogP contribution < -0.4 is 11.3 Å². The third kappa shape index (κ3) is 4.22. The lowest BCUT2D eigenvalue weighted by Crippen LogP contribution is -2.13. The molecule has 3 heterocycles. The Kier molecular flexibility index (Phi) is 6.23. The Balaban J connectivity index is 0.000000601. The standard InChI is InChI=1S/C22H22N6O.C2H4O2/c1-2-18-20(14-6-3-4-7-19(14)28(18)9-5-8-23)21-22(29)26-16-10-13-12-24-27-15(13)11-17(16)25-21;1-2(3)4/h3-4,6-7,10-12H,2,5,8-9,23H2,1H3,(H,24,27)(H,26,29);1H3,(H,3,4). The van der Waals surface area contributed by atoms with Crippen molar-refractivity contribution in [3.63, 3.8) is 0 Å². The third-order valence-electron chi connectivity index (χ3n) is 5.49. The first kappa shape index (κ1) is 22.2. The molecule has 9 nitrogen and oxygen atoms in total. The second kappa shape index (κ2) is 9.25. The Morgan fingerprint density at radius 2 is 1.97 bits per heavy atom. The molecule has 2 aromatic carbocycles. The van der Waals surface area contributed by atoms with Gasteiger partial charge in [0.25, 0.3) is 11.5 Å².